The number of hydrazone groups is 1. The normalized spacial score (nSPS) is 11.3. The fourth-order valence-electron chi connectivity index (χ4n) is 2.69. The molecular weight excluding hydrogens is 364 g/mol. The third kappa shape index (κ3) is 4.56. The monoisotopic (exact) mass is 381 g/mol. The van der Waals surface area contributed by atoms with Gasteiger partial charge in [0.2, 0.25) is 5.91 Å². The van der Waals surface area contributed by atoms with Crippen LogP contribution in [0.4, 0.5) is 14.5 Å². The summed E-state index contributed by atoms with van der Waals surface area (Å²) in [5, 5.41) is 7.98. The lowest BCUT2D eigenvalue weighted by Crippen LogP contribution is -2.22. The van der Waals surface area contributed by atoms with Crippen LogP contribution in [0.2, 0.25) is 0 Å². The van der Waals surface area contributed by atoms with Crippen molar-refractivity contribution in [3.63, 3.8) is 0 Å². The van der Waals surface area contributed by atoms with E-state index in [-0.39, 0.29) is 12.1 Å². The molecule has 28 heavy (non-hydrogen) atoms. The Hall–Kier alpha value is -3.61. The Kier molecular flexibility index (Phi) is 5.74. The molecule has 0 radical (unpaired) electrons. The summed E-state index contributed by atoms with van der Waals surface area (Å²) in [6.45, 7) is 1.56. The van der Waals surface area contributed by atoms with Crippen LogP contribution in [-0.4, -0.2) is 17.5 Å². The van der Waals surface area contributed by atoms with Gasteiger partial charge in [-0.25, -0.2) is 14.2 Å². The van der Waals surface area contributed by atoms with Crippen molar-refractivity contribution in [2.75, 3.05) is 5.32 Å². The van der Waals surface area contributed by atoms with E-state index in [4.69, 9.17) is 0 Å². The van der Waals surface area contributed by atoms with Crippen molar-refractivity contribution < 1.29 is 18.4 Å². The van der Waals surface area contributed by atoms with Gasteiger partial charge in [-0.05, 0) is 35.9 Å². The number of amides is 2. The molecule has 0 atom stereocenters. The summed E-state index contributed by atoms with van der Waals surface area (Å²) in [7, 11) is 0. The highest BCUT2D eigenvalue weighted by Gasteiger charge is 2.11. The first kappa shape index (κ1) is 19.2. The molecule has 0 aliphatic carbocycles. The van der Waals surface area contributed by atoms with Gasteiger partial charge in [0.05, 0.1) is 12.1 Å². The molecule has 0 unspecified atom stereocenters. The van der Waals surface area contributed by atoms with E-state index in [9.17, 15) is 18.4 Å². The Morgan fingerprint density at radius 1 is 1.00 bits per heavy atom. The lowest BCUT2D eigenvalue weighted by molar-refractivity contribution is -0.115. The van der Waals surface area contributed by atoms with E-state index < -0.39 is 23.4 Å². The van der Waals surface area contributed by atoms with E-state index in [1.807, 2.05) is 30.3 Å². The molecule has 0 fully saturated rings. The minimum absolute atomic E-state index is 0.126. The van der Waals surface area contributed by atoms with Gasteiger partial charge in [-0.15, -0.1) is 0 Å². The van der Waals surface area contributed by atoms with Crippen LogP contribution in [0.1, 0.15) is 23.7 Å². The fraction of sp³-hybridized carbons (Fsp3) is 0.0952. The van der Waals surface area contributed by atoms with Crippen molar-refractivity contribution in [2.45, 2.75) is 13.3 Å². The summed E-state index contributed by atoms with van der Waals surface area (Å²) in [6, 6.07) is 15.7. The number of hydrogen-bond donors (Lipinski definition) is 2. The van der Waals surface area contributed by atoms with Crippen LogP contribution in [0.15, 0.2) is 65.8 Å². The van der Waals surface area contributed by atoms with Crippen LogP contribution in [0.3, 0.4) is 0 Å². The molecule has 7 heteroatoms. The smallest absolute Gasteiger partial charge is 0.271 e. The second-order valence-corrected chi connectivity index (χ2v) is 6.16. The number of hydrogen-bond acceptors (Lipinski definition) is 3. The predicted molar refractivity (Wildman–Crippen MR) is 104 cm³/mol. The standard InChI is InChI=1S/C21H17F2N3O2/c1-13(11-20(27)24-19-10-9-15(22)12-18(19)23)25-26-21(28)17-8-4-6-14-5-2-3-7-16(14)17/h2-10,12H,11H2,1H3,(H,24,27)(H,26,28)/b25-13-. The number of fused-ring (bicyclic) bond motifs is 1. The summed E-state index contributed by atoms with van der Waals surface area (Å²) >= 11 is 0. The molecule has 0 aliphatic rings. The molecular formula is C21H17F2N3O2. The quantitative estimate of drug-likeness (QED) is 0.512. The number of nitrogens with one attached hydrogen (secondary N) is 2. The number of carbonyl (C=O) groups excluding carboxylic acids is 2. The topological polar surface area (TPSA) is 70.6 Å². The highest BCUT2D eigenvalue weighted by molar-refractivity contribution is 6.08. The molecule has 3 aromatic rings. The van der Waals surface area contributed by atoms with E-state index in [0.29, 0.717) is 17.3 Å². The first-order valence-corrected chi connectivity index (χ1v) is 8.50. The molecule has 0 saturated heterocycles. The molecule has 142 valence electrons. The number of rotatable bonds is 5. The number of benzene rings is 3. The highest BCUT2D eigenvalue weighted by atomic mass is 19.1. The van der Waals surface area contributed by atoms with Crippen molar-refractivity contribution in [2.24, 2.45) is 5.10 Å². The van der Waals surface area contributed by atoms with Crippen LogP contribution < -0.4 is 10.7 Å². The highest BCUT2D eigenvalue weighted by Crippen LogP contribution is 2.18. The van der Waals surface area contributed by atoms with Crippen LogP contribution in [-0.2, 0) is 4.79 Å². The average molecular weight is 381 g/mol. The Morgan fingerprint density at radius 2 is 1.75 bits per heavy atom. The minimum atomic E-state index is -0.868. The summed E-state index contributed by atoms with van der Waals surface area (Å²) in [5.41, 5.74) is 3.09. The van der Waals surface area contributed by atoms with Crippen LogP contribution in [0.5, 0.6) is 0 Å². The fourth-order valence-corrected chi connectivity index (χ4v) is 2.69. The summed E-state index contributed by atoms with van der Waals surface area (Å²) in [5.74, 6) is -2.54. The molecule has 5 nitrogen and oxygen atoms in total. The number of anilines is 1. The number of halogens is 2. The molecule has 0 bridgehead atoms. The van der Waals surface area contributed by atoms with E-state index in [1.54, 1.807) is 19.1 Å². The van der Waals surface area contributed by atoms with E-state index in [0.717, 1.165) is 22.9 Å². The first-order valence-electron chi connectivity index (χ1n) is 8.50. The molecule has 0 saturated carbocycles. The molecule has 3 rings (SSSR count). The Balaban J connectivity index is 1.63. The Bertz CT molecular complexity index is 1070. The summed E-state index contributed by atoms with van der Waals surface area (Å²) in [6.07, 6.45) is -0.160. The SMILES string of the molecule is C/C(CC(=O)Nc1ccc(F)cc1F)=N/NC(=O)c1cccc2ccccc12. The lowest BCUT2D eigenvalue weighted by atomic mass is 10.0. The number of nitrogens with zero attached hydrogens (tertiary/aromatic N) is 1. The van der Waals surface area contributed by atoms with Gasteiger partial charge in [0.15, 0.2) is 0 Å². The van der Waals surface area contributed by atoms with E-state index in [2.05, 4.69) is 15.8 Å². The molecule has 0 heterocycles. The largest absolute Gasteiger partial charge is 0.323 e. The second-order valence-electron chi connectivity index (χ2n) is 6.16. The predicted octanol–water partition coefficient (Wildman–Crippen LogP) is 4.25. The van der Waals surface area contributed by atoms with Crippen molar-refractivity contribution in [1.29, 1.82) is 0 Å². The Morgan fingerprint density at radius 3 is 2.54 bits per heavy atom. The maximum absolute atomic E-state index is 13.6. The van der Waals surface area contributed by atoms with Crippen LogP contribution >= 0.6 is 0 Å². The molecule has 0 aromatic heterocycles. The molecule has 2 amide bonds. The van der Waals surface area contributed by atoms with Gasteiger partial charge in [0, 0.05) is 17.3 Å². The maximum atomic E-state index is 13.6. The summed E-state index contributed by atoms with van der Waals surface area (Å²) < 4.78 is 26.5. The van der Waals surface area contributed by atoms with E-state index in [1.165, 1.54) is 0 Å². The van der Waals surface area contributed by atoms with Gasteiger partial charge < -0.3 is 5.32 Å². The molecule has 0 spiro atoms. The molecule has 0 aliphatic heterocycles. The van der Waals surface area contributed by atoms with Crippen LogP contribution in [0.25, 0.3) is 10.8 Å². The zero-order valence-corrected chi connectivity index (χ0v) is 15.0. The van der Waals surface area contributed by atoms with Gasteiger partial charge in [-0.3, -0.25) is 9.59 Å². The zero-order chi connectivity index (χ0) is 20.1. The number of carbonyl (C=O) groups is 2. The van der Waals surface area contributed by atoms with Crippen molar-refractivity contribution in [3.05, 3.63) is 77.9 Å². The van der Waals surface area contributed by atoms with Crippen LogP contribution in [0, 0.1) is 11.6 Å². The van der Waals surface area contributed by atoms with Gasteiger partial charge in [0.1, 0.15) is 11.6 Å². The van der Waals surface area contributed by atoms with Gasteiger partial charge >= 0.3 is 0 Å². The minimum Gasteiger partial charge on any atom is -0.323 e. The third-order valence-corrected chi connectivity index (χ3v) is 4.00. The van der Waals surface area contributed by atoms with Crippen molar-refractivity contribution in [1.82, 2.24) is 5.43 Å². The lowest BCUT2D eigenvalue weighted by Gasteiger charge is -2.07. The third-order valence-electron chi connectivity index (χ3n) is 4.00. The zero-order valence-electron chi connectivity index (χ0n) is 15.0. The Labute approximate surface area is 160 Å². The van der Waals surface area contributed by atoms with Gasteiger partial charge in [-0.1, -0.05) is 36.4 Å². The molecule has 2 N–H and O–H groups in total. The van der Waals surface area contributed by atoms with Gasteiger partial charge in [-0.2, -0.15) is 5.10 Å². The average Bonchev–Trinajstić information content (AvgIpc) is 2.68. The van der Waals surface area contributed by atoms with Crippen molar-refractivity contribution in [3.8, 4) is 0 Å². The van der Waals surface area contributed by atoms with Gasteiger partial charge in [0.25, 0.3) is 5.91 Å². The maximum Gasteiger partial charge on any atom is 0.271 e. The van der Waals surface area contributed by atoms with Crippen molar-refractivity contribution >= 4 is 34.0 Å². The molecule has 3 aromatic carbocycles. The van der Waals surface area contributed by atoms with E-state index >= 15 is 0 Å². The summed E-state index contributed by atoms with van der Waals surface area (Å²) in [4.78, 5) is 24.4. The first-order chi connectivity index (χ1) is 13.4. The second kappa shape index (κ2) is 8.39.